The minimum atomic E-state index is -0.160. The Balaban J connectivity index is 2.46. The molecule has 0 radical (unpaired) electrons. The lowest BCUT2D eigenvalue weighted by Crippen LogP contribution is -1.97. The zero-order valence-electron chi connectivity index (χ0n) is 10.5. The van der Waals surface area contributed by atoms with Crippen molar-refractivity contribution in [2.24, 2.45) is 0 Å². The van der Waals surface area contributed by atoms with E-state index in [0.717, 1.165) is 20.7 Å². The predicted molar refractivity (Wildman–Crippen MR) is 82.2 cm³/mol. The van der Waals surface area contributed by atoms with Crippen LogP contribution >= 0.6 is 38.9 Å². The van der Waals surface area contributed by atoms with Crippen LogP contribution in [0.5, 0.6) is 5.75 Å². The van der Waals surface area contributed by atoms with Crippen LogP contribution in [0.25, 0.3) is 0 Å². The SMILES string of the molecule is COc1ccsc1C(Cl)c1cc(C)c(Br)cc1C. The number of halogens is 2. The molecule has 0 aliphatic rings. The zero-order chi connectivity index (χ0) is 13.3. The fourth-order valence-corrected chi connectivity index (χ4v) is 3.69. The molecule has 2 aromatic rings. The predicted octanol–water partition coefficient (Wildman–Crippen LogP) is 5.46. The molecule has 1 aromatic heterocycles. The molecule has 0 aliphatic carbocycles. The molecule has 0 saturated heterocycles. The van der Waals surface area contributed by atoms with E-state index in [1.807, 2.05) is 11.4 Å². The Morgan fingerprint density at radius 2 is 2.00 bits per heavy atom. The number of aryl methyl sites for hydroxylation is 2. The molecule has 2 rings (SSSR count). The highest BCUT2D eigenvalue weighted by atomic mass is 79.9. The Labute approximate surface area is 125 Å². The molecule has 4 heteroatoms. The van der Waals surface area contributed by atoms with Gasteiger partial charge in [-0.25, -0.2) is 0 Å². The summed E-state index contributed by atoms with van der Waals surface area (Å²) in [6.07, 6.45) is 0. The molecule has 0 bridgehead atoms. The standard InChI is InChI=1S/C14H14BrClOS/c1-8-7-11(15)9(2)6-10(8)13(16)14-12(17-3)4-5-18-14/h4-7,13H,1-3H3. The summed E-state index contributed by atoms with van der Waals surface area (Å²) >= 11 is 11.8. The van der Waals surface area contributed by atoms with Gasteiger partial charge in [0.2, 0.25) is 0 Å². The summed E-state index contributed by atoms with van der Waals surface area (Å²) < 4.78 is 6.45. The summed E-state index contributed by atoms with van der Waals surface area (Å²) in [7, 11) is 1.68. The maximum Gasteiger partial charge on any atom is 0.134 e. The third-order valence-electron chi connectivity index (χ3n) is 2.93. The summed E-state index contributed by atoms with van der Waals surface area (Å²) in [6.45, 7) is 4.15. The van der Waals surface area contributed by atoms with E-state index in [0.29, 0.717) is 0 Å². The van der Waals surface area contributed by atoms with Gasteiger partial charge < -0.3 is 4.74 Å². The first-order chi connectivity index (χ1) is 8.54. The van der Waals surface area contributed by atoms with E-state index in [2.05, 4.69) is 41.9 Å². The molecule has 1 heterocycles. The van der Waals surface area contributed by atoms with E-state index in [1.54, 1.807) is 18.4 Å². The highest BCUT2D eigenvalue weighted by Crippen LogP contribution is 2.41. The summed E-state index contributed by atoms with van der Waals surface area (Å²) in [5.74, 6) is 0.861. The monoisotopic (exact) mass is 344 g/mol. The van der Waals surface area contributed by atoms with Crippen LogP contribution in [0.15, 0.2) is 28.1 Å². The van der Waals surface area contributed by atoms with Crippen molar-refractivity contribution in [1.82, 2.24) is 0 Å². The molecule has 18 heavy (non-hydrogen) atoms. The zero-order valence-corrected chi connectivity index (χ0v) is 13.6. The Morgan fingerprint density at radius 3 is 2.67 bits per heavy atom. The number of hydrogen-bond donors (Lipinski definition) is 0. The average Bonchev–Trinajstić information content (AvgIpc) is 2.81. The number of hydrogen-bond acceptors (Lipinski definition) is 2. The van der Waals surface area contributed by atoms with Crippen molar-refractivity contribution in [3.05, 3.63) is 49.6 Å². The fraction of sp³-hybridized carbons (Fsp3) is 0.286. The third kappa shape index (κ3) is 2.58. The van der Waals surface area contributed by atoms with Gasteiger partial charge in [-0.15, -0.1) is 22.9 Å². The fourth-order valence-electron chi connectivity index (χ4n) is 1.88. The van der Waals surface area contributed by atoms with Crippen LogP contribution in [-0.4, -0.2) is 7.11 Å². The molecule has 1 atom stereocenters. The van der Waals surface area contributed by atoms with Gasteiger partial charge >= 0.3 is 0 Å². The Hall–Kier alpha value is -0.510. The second kappa shape index (κ2) is 5.64. The smallest absolute Gasteiger partial charge is 0.134 e. The number of ether oxygens (including phenoxy) is 1. The van der Waals surface area contributed by atoms with Crippen molar-refractivity contribution in [1.29, 1.82) is 0 Å². The maximum absolute atomic E-state index is 6.60. The van der Waals surface area contributed by atoms with Gasteiger partial charge in [0.1, 0.15) is 5.75 Å². The van der Waals surface area contributed by atoms with Crippen molar-refractivity contribution in [2.45, 2.75) is 19.2 Å². The van der Waals surface area contributed by atoms with Gasteiger partial charge in [0.15, 0.2) is 0 Å². The molecule has 1 unspecified atom stereocenters. The van der Waals surface area contributed by atoms with Crippen molar-refractivity contribution in [2.75, 3.05) is 7.11 Å². The van der Waals surface area contributed by atoms with Gasteiger partial charge in [0, 0.05) is 4.47 Å². The number of alkyl halides is 1. The van der Waals surface area contributed by atoms with Crippen molar-refractivity contribution < 1.29 is 4.74 Å². The van der Waals surface area contributed by atoms with E-state index < -0.39 is 0 Å². The molecule has 0 saturated carbocycles. The Bertz CT molecular complexity index is 565. The molecule has 1 aromatic carbocycles. The first-order valence-electron chi connectivity index (χ1n) is 5.56. The van der Waals surface area contributed by atoms with Crippen LogP contribution in [0.4, 0.5) is 0 Å². The lowest BCUT2D eigenvalue weighted by molar-refractivity contribution is 0.413. The summed E-state index contributed by atoms with van der Waals surface area (Å²) in [5.41, 5.74) is 3.51. The van der Waals surface area contributed by atoms with Crippen molar-refractivity contribution in [3.63, 3.8) is 0 Å². The number of benzene rings is 1. The second-order valence-corrected chi connectivity index (χ2v) is 6.41. The average molecular weight is 346 g/mol. The summed E-state index contributed by atoms with van der Waals surface area (Å²) in [6, 6.07) is 6.20. The quantitative estimate of drug-likeness (QED) is 0.671. The summed E-state index contributed by atoms with van der Waals surface area (Å²) in [5, 5.41) is 1.84. The topological polar surface area (TPSA) is 9.23 Å². The molecule has 0 fully saturated rings. The highest BCUT2D eigenvalue weighted by Gasteiger charge is 2.19. The van der Waals surface area contributed by atoms with Crippen LogP contribution in [0.2, 0.25) is 0 Å². The highest BCUT2D eigenvalue weighted by molar-refractivity contribution is 9.10. The molecular weight excluding hydrogens is 332 g/mol. The molecule has 0 N–H and O–H groups in total. The van der Waals surface area contributed by atoms with Gasteiger partial charge in [0.05, 0.1) is 17.4 Å². The van der Waals surface area contributed by atoms with E-state index >= 15 is 0 Å². The van der Waals surface area contributed by atoms with Gasteiger partial charge in [-0.1, -0.05) is 22.0 Å². The molecule has 1 nitrogen and oxygen atoms in total. The molecule has 0 amide bonds. The minimum Gasteiger partial charge on any atom is -0.496 e. The second-order valence-electron chi connectivity index (χ2n) is 4.17. The first kappa shape index (κ1) is 13.9. The maximum atomic E-state index is 6.60. The lowest BCUT2D eigenvalue weighted by atomic mass is 10.0. The first-order valence-corrected chi connectivity index (χ1v) is 7.67. The Morgan fingerprint density at radius 1 is 1.28 bits per heavy atom. The van der Waals surface area contributed by atoms with Crippen molar-refractivity contribution in [3.8, 4) is 5.75 Å². The van der Waals surface area contributed by atoms with Crippen LogP contribution in [-0.2, 0) is 0 Å². The van der Waals surface area contributed by atoms with E-state index in [9.17, 15) is 0 Å². The largest absolute Gasteiger partial charge is 0.496 e. The normalized spacial score (nSPS) is 12.5. The van der Waals surface area contributed by atoms with E-state index in [4.69, 9.17) is 16.3 Å². The van der Waals surface area contributed by atoms with Gasteiger partial charge in [0.25, 0.3) is 0 Å². The molecule has 96 valence electrons. The molecule has 0 aliphatic heterocycles. The van der Waals surface area contributed by atoms with Gasteiger partial charge in [-0.05, 0) is 48.1 Å². The third-order valence-corrected chi connectivity index (χ3v) is 5.33. The number of thiophene rings is 1. The minimum absolute atomic E-state index is 0.160. The lowest BCUT2D eigenvalue weighted by Gasteiger charge is -2.15. The Kier molecular flexibility index (Phi) is 4.36. The summed E-state index contributed by atoms with van der Waals surface area (Å²) in [4.78, 5) is 1.06. The van der Waals surface area contributed by atoms with E-state index in [1.165, 1.54) is 11.1 Å². The van der Waals surface area contributed by atoms with Crippen LogP contribution in [0.1, 0.15) is 26.9 Å². The van der Waals surface area contributed by atoms with Gasteiger partial charge in [-0.3, -0.25) is 0 Å². The molecule has 0 spiro atoms. The van der Waals surface area contributed by atoms with Crippen LogP contribution < -0.4 is 4.74 Å². The van der Waals surface area contributed by atoms with E-state index in [-0.39, 0.29) is 5.38 Å². The van der Waals surface area contributed by atoms with Gasteiger partial charge in [-0.2, -0.15) is 0 Å². The van der Waals surface area contributed by atoms with Crippen LogP contribution in [0.3, 0.4) is 0 Å². The molecular formula is C14H14BrClOS. The number of rotatable bonds is 3. The van der Waals surface area contributed by atoms with Crippen LogP contribution in [0, 0.1) is 13.8 Å². The number of methoxy groups -OCH3 is 1. The van der Waals surface area contributed by atoms with Crippen molar-refractivity contribution >= 4 is 38.9 Å².